The Morgan fingerprint density at radius 3 is 2.74 bits per heavy atom. The highest BCUT2D eigenvalue weighted by atomic mass is 15.0. The van der Waals surface area contributed by atoms with Crippen LogP contribution < -0.4 is 5.32 Å². The van der Waals surface area contributed by atoms with Gasteiger partial charge in [0, 0.05) is 36.1 Å². The van der Waals surface area contributed by atoms with Crippen LogP contribution in [0.2, 0.25) is 0 Å². The van der Waals surface area contributed by atoms with Gasteiger partial charge in [0.05, 0.1) is 0 Å². The molecule has 2 aromatic rings. The van der Waals surface area contributed by atoms with Crippen LogP contribution in [0.15, 0.2) is 24.3 Å². The summed E-state index contributed by atoms with van der Waals surface area (Å²) in [4.78, 5) is 0. The van der Waals surface area contributed by atoms with Crippen molar-refractivity contribution in [2.75, 3.05) is 13.1 Å². The molecule has 1 atom stereocenters. The summed E-state index contributed by atoms with van der Waals surface area (Å²) >= 11 is 0. The molecule has 1 aliphatic heterocycles. The number of piperidine rings is 1. The number of nitrogens with one attached hydrogen (secondary N) is 1. The average Bonchev–Trinajstić information content (AvgIpc) is 2.63. The quantitative estimate of drug-likeness (QED) is 0.825. The Balaban J connectivity index is 2.22. The maximum Gasteiger partial charge on any atom is 0.0482 e. The van der Waals surface area contributed by atoms with Gasteiger partial charge in [-0.25, -0.2) is 0 Å². The highest BCUT2D eigenvalue weighted by Crippen LogP contribution is 2.44. The standard InChI is InChI=1S/C17H24N2/c1-12-16(14-11-18-10-9-17(14,2)3)13-7-5-6-8-15(13)19(12)4/h5-8,14,18H,9-11H2,1-4H3. The van der Waals surface area contributed by atoms with E-state index >= 15 is 0 Å². The molecule has 2 heteroatoms. The SMILES string of the molecule is Cc1c(C2CNCCC2(C)C)c2ccccc2n1C. The normalized spacial score (nSPS) is 22.8. The molecule has 0 aliphatic carbocycles. The molecule has 2 heterocycles. The molecule has 1 aromatic carbocycles. The van der Waals surface area contributed by atoms with Crippen molar-refractivity contribution in [1.29, 1.82) is 0 Å². The lowest BCUT2D eigenvalue weighted by atomic mass is 9.70. The van der Waals surface area contributed by atoms with E-state index in [9.17, 15) is 0 Å². The zero-order valence-corrected chi connectivity index (χ0v) is 12.5. The lowest BCUT2D eigenvalue weighted by Crippen LogP contribution is -2.40. The van der Waals surface area contributed by atoms with Gasteiger partial charge in [0.2, 0.25) is 0 Å². The number of rotatable bonds is 1. The first-order valence-electron chi connectivity index (χ1n) is 7.27. The fourth-order valence-electron chi connectivity index (χ4n) is 3.59. The van der Waals surface area contributed by atoms with Gasteiger partial charge in [0.1, 0.15) is 0 Å². The van der Waals surface area contributed by atoms with E-state index in [2.05, 4.69) is 62.0 Å². The molecule has 1 saturated heterocycles. The van der Waals surface area contributed by atoms with Gasteiger partial charge in [0.25, 0.3) is 0 Å². The van der Waals surface area contributed by atoms with Crippen molar-refractivity contribution in [3.8, 4) is 0 Å². The minimum atomic E-state index is 0.375. The van der Waals surface area contributed by atoms with E-state index in [0.29, 0.717) is 11.3 Å². The summed E-state index contributed by atoms with van der Waals surface area (Å²) in [5.74, 6) is 0.604. The first-order chi connectivity index (χ1) is 9.02. The summed E-state index contributed by atoms with van der Waals surface area (Å²) in [6, 6.07) is 8.81. The number of aromatic nitrogens is 1. The van der Waals surface area contributed by atoms with Gasteiger partial charge < -0.3 is 9.88 Å². The molecule has 0 spiro atoms. The molecule has 2 nitrogen and oxygen atoms in total. The van der Waals surface area contributed by atoms with Gasteiger partial charge in [-0.15, -0.1) is 0 Å². The van der Waals surface area contributed by atoms with Gasteiger partial charge in [-0.2, -0.15) is 0 Å². The van der Waals surface area contributed by atoms with Crippen molar-refractivity contribution in [1.82, 2.24) is 9.88 Å². The summed E-state index contributed by atoms with van der Waals surface area (Å²) < 4.78 is 2.34. The molecule has 1 N–H and O–H groups in total. The van der Waals surface area contributed by atoms with Crippen molar-refractivity contribution in [3.05, 3.63) is 35.5 Å². The van der Waals surface area contributed by atoms with E-state index in [4.69, 9.17) is 0 Å². The largest absolute Gasteiger partial charge is 0.348 e. The zero-order valence-electron chi connectivity index (χ0n) is 12.5. The van der Waals surface area contributed by atoms with Crippen LogP contribution in [0.3, 0.4) is 0 Å². The molecular weight excluding hydrogens is 232 g/mol. The fourth-order valence-corrected chi connectivity index (χ4v) is 3.59. The number of hydrogen-bond donors (Lipinski definition) is 1. The Bertz CT molecular complexity index is 607. The smallest absolute Gasteiger partial charge is 0.0482 e. The summed E-state index contributed by atoms with van der Waals surface area (Å²) in [5.41, 5.74) is 4.70. The molecule has 0 amide bonds. The third-order valence-electron chi connectivity index (χ3n) is 5.03. The monoisotopic (exact) mass is 256 g/mol. The van der Waals surface area contributed by atoms with Crippen LogP contribution in [0.25, 0.3) is 10.9 Å². The third kappa shape index (κ3) is 1.90. The highest BCUT2D eigenvalue weighted by molar-refractivity contribution is 5.86. The second-order valence-corrected chi connectivity index (χ2v) is 6.57. The van der Waals surface area contributed by atoms with Crippen LogP contribution in [-0.4, -0.2) is 17.7 Å². The van der Waals surface area contributed by atoms with Gasteiger partial charge >= 0.3 is 0 Å². The van der Waals surface area contributed by atoms with Crippen LogP contribution in [0.4, 0.5) is 0 Å². The summed E-state index contributed by atoms with van der Waals surface area (Å²) in [5, 5.41) is 5.02. The fraction of sp³-hybridized carbons (Fsp3) is 0.529. The lowest BCUT2D eigenvalue weighted by Gasteiger charge is -2.39. The van der Waals surface area contributed by atoms with Crippen LogP contribution in [0, 0.1) is 12.3 Å². The predicted octanol–water partition coefficient (Wildman–Crippen LogP) is 3.59. The molecule has 0 bridgehead atoms. The molecule has 1 unspecified atom stereocenters. The average molecular weight is 256 g/mol. The zero-order chi connectivity index (χ0) is 13.6. The van der Waals surface area contributed by atoms with Crippen LogP contribution in [0.1, 0.15) is 37.4 Å². The molecular formula is C17H24N2. The molecule has 0 radical (unpaired) electrons. The van der Waals surface area contributed by atoms with Crippen molar-refractivity contribution in [2.24, 2.45) is 12.5 Å². The first kappa shape index (κ1) is 12.7. The Kier molecular flexibility index (Phi) is 2.94. The maximum absolute atomic E-state index is 3.58. The number of hydrogen-bond acceptors (Lipinski definition) is 1. The van der Waals surface area contributed by atoms with E-state index in [0.717, 1.165) is 13.1 Å². The van der Waals surface area contributed by atoms with E-state index in [1.165, 1.54) is 23.0 Å². The van der Waals surface area contributed by atoms with Gasteiger partial charge in [-0.1, -0.05) is 32.0 Å². The number of nitrogens with zero attached hydrogens (tertiary/aromatic N) is 1. The van der Waals surface area contributed by atoms with E-state index < -0.39 is 0 Å². The maximum atomic E-state index is 3.58. The van der Waals surface area contributed by atoms with Gasteiger partial charge in [-0.05, 0) is 36.9 Å². The minimum absolute atomic E-state index is 0.375. The predicted molar refractivity (Wildman–Crippen MR) is 81.7 cm³/mol. The first-order valence-corrected chi connectivity index (χ1v) is 7.27. The molecule has 1 aliphatic rings. The molecule has 102 valence electrons. The van der Waals surface area contributed by atoms with Crippen molar-refractivity contribution < 1.29 is 0 Å². The van der Waals surface area contributed by atoms with E-state index in [1.807, 2.05) is 0 Å². The Labute approximate surface area is 115 Å². The van der Waals surface area contributed by atoms with Crippen molar-refractivity contribution >= 4 is 10.9 Å². The number of para-hydroxylation sites is 1. The Morgan fingerprint density at radius 2 is 2.00 bits per heavy atom. The summed E-state index contributed by atoms with van der Waals surface area (Å²) in [6.45, 7) is 9.34. The number of aryl methyl sites for hydroxylation is 1. The summed E-state index contributed by atoms with van der Waals surface area (Å²) in [7, 11) is 2.18. The number of benzene rings is 1. The molecule has 1 fully saturated rings. The van der Waals surface area contributed by atoms with Crippen LogP contribution in [-0.2, 0) is 7.05 Å². The van der Waals surface area contributed by atoms with Gasteiger partial charge in [0.15, 0.2) is 0 Å². The minimum Gasteiger partial charge on any atom is -0.348 e. The van der Waals surface area contributed by atoms with Crippen molar-refractivity contribution in [3.63, 3.8) is 0 Å². The second kappa shape index (κ2) is 4.38. The molecule has 0 saturated carbocycles. The van der Waals surface area contributed by atoms with Crippen molar-refractivity contribution in [2.45, 2.75) is 33.1 Å². The second-order valence-electron chi connectivity index (χ2n) is 6.57. The molecule has 3 rings (SSSR count). The summed E-state index contributed by atoms with van der Waals surface area (Å²) in [6.07, 6.45) is 1.25. The van der Waals surface area contributed by atoms with Crippen LogP contribution in [0.5, 0.6) is 0 Å². The molecule has 1 aromatic heterocycles. The third-order valence-corrected chi connectivity index (χ3v) is 5.03. The van der Waals surface area contributed by atoms with Gasteiger partial charge in [-0.3, -0.25) is 0 Å². The topological polar surface area (TPSA) is 17.0 Å². The van der Waals surface area contributed by atoms with E-state index in [1.54, 1.807) is 5.56 Å². The lowest BCUT2D eigenvalue weighted by molar-refractivity contribution is 0.215. The highest BCUT2D eigenvalue weighted by Gasteiger charge is 2.35. The Morgan fingerprint density at radius 1 is 1.26 bits per heavy atom. The van der Waals surface area contributed by atoms with Crippen LogP contribution >= 0.6 is 0 Å². The molecule has 19 heavy (non-hydrogen) atoms. The number of fused-ring (bicyclic) bond motifs is 1. The Hall–Kier alpha value is -1.28. The van der Waals surface area contributed by atoms with E-state index in [-0.39, 0.29) is 0 Å².